The van der Waals surface area contributed by atoms with Crippen molar-refractivity contribution in [3.63, 3.8) is 0 Å². The van der Waals surface area contributed by atoms with E-state index >= 15 is 17.6 Å². The molecule has 0 N–H and O–H groups in total. The standard InChI is InChI=1S/C24H19BF10OSi/c1-36-11-7-5-10(6-8-11)9-12(37(2,3)4)25(13-15(26)19(30)23(34)20(31)16(13)27)14-17(28)21(32)24(35)22(33)18(14)29/h5-8,12H,9H2,1-4H3. The smallest absolute Gasteiger partial charge is 0.226 e. The van der Waals surface area contributed by atoms with E-state index in [1.54, 1.807) is 19.6 Å². The van der Waals surface area contributed by atoms with Crippen LogP contribution in [0.15, 0.2) is 24.3 Å². The van der Waals surface area contributed by atoms with Crippen molar-refractivity contribution in [2.75, 3.05) is 7.11 Å². The Labute approximate surface area is 207 Å². The molecule has 0 aliphatic carbocycles. The van der Waals surface area contributed by atoms with E-state index in [0.717, 1.165) is 0 Å². The minimum Gasteiger partial charge on any atom is -0.497 e. The third-order valence-corrected chi connectivity index (χ3v) is 9.00. The van der Waals surface area contributed by atoms with Gasteiger partial charge in [0.25, 0.3) is 0 Å². The monoisotopic (exact) mass is 552 g/mol. The predicted octanol–water partition coefficient (Wildman–Crippen LogP) is 6.19. The van der Waals surface area contributed by atoms with E-state index in [0.29, 0.717) is 11.3 Å². The quantitative estimate of drug-likeness (QED) is 0.147. The summed E-state index contributed by atoms with van der Waals surface area (Å²) in [7, 11) is -1.61. The number of ether oxygens (including phenoxy) is 1. The third-order valence-electron chi connectivity index (χ3n) is 6.24. The van der Waals surface area contributed by atoms with Crippen LogP contribution in [0.5, 0.6) is 5.75 Å². The first kappa shape index (κ1) is 28.6. The molecule has 1 unspecified atom stereocenters. The first-order chi connectivity index (χ1) is 17.1. The normalized spacial score (nSPS) is 12.6. The average molecular weight is 552 g/mol. The van der Waals surface area contributed by atoms with Crippen molar-refractivity contribution in [3.8, 4) is 5.75 Å². The van der Waals surface area contributed by atoms with Gasteiger partial charge >= 0.3 is 0 Å². The van der Waals surface area contributed by atoms with E-state index in [1.807, 2.05) is 0 Å². The van der Waals surface area contributed by atoms with Crippen molar-refractivity contribution in [2.24, 2.45) is 0 Å². The Morgan fingerprint density at radius 1 is 0.595 bits per heavy atom. The van der Waals surface area contributed by atoms with Gasteiger partial charge in [-0.15, -0.1) is 0 Å². The number of methoxy groups -OCH3 is 1. The molecule has 3 rings (SSSR count). The van der Waals surface area contributed by atoms with E-state index in [2.05, 4.69) is 0 Å². The molecular formula is C24H19BF10OSi. The molecule has 3 aromatic carbocycles. The molecule has 0 amide bonds. The lowest BCUT2D eigenvalue weighted by Gasteiger charge is -2.35. The molecule has 1 atom stereocenters. The van der Waals surface area contributed by atoms with Crippen LogP contribution in [-0.4, -0.2) is 21.9 Å². The second-order valence-electron chi connectivity index (χ2n) is 9.47. The molecule has 0 saturated heterocycles. The Balaban J connectivity index is 2.45. The summed E-state index contributed by atoms with van der Waals surface area (Å²) in [6.07, 6.45) is -0.261. The third kappa shape index (κ3) is 5.10. The second-order valence-corrected chi connectivity index (χ2v) is 14.9. The molecule has 0 heterocycles. The zero-order valence-corrected chi connectivity index (χ0v) is 20.9. The summed E-state index contributed by atoms with van der Waals surface area (Å²) in [6.45, 7) is 2.26. The molecule has 0 aromatic heterocycles. The van der Waals surface area contributed by atoms with Gasteiger partial charge < -0.3 is 4.74 Å². The van der Waals surface area contributed by atoms with E-state index in [9.17, 15) is 26.3 Å². The van der Waals surface area contributed by atoms with Crippen molar-refractivity contribution < 1.29 is 48.6 Å². The van der Waals surface area contributed by atoms with Crippen LogP contribution in [-0.2, 0) is 6.42 Å². The summed E-state index contributed by atoms with van der Waals surface area (Å²) in [5.41, 5.74) is -4.28. The van der Waals surface area contributed by atoms with Crippen LogP contribution < -0.4 is 15.7 Å². The van der Waals surface area contributed by atoms with Crippen LogP contribution in [0.1, 0.15) is 5.56 Å². The number of benzene rings is 3. The number of rotatable bonds is 7. The van der Waals surface area contributed by atoms with Crippen LogP contribution in [0.3, 0.4) is 0 Å². The molecule has 37 heavy (non-hydrogen) atoms. The summed E-state index contributed by atoms with van der Waals surface area (Å²) in [5, 5.41) is 0. The van der Waals surface area contributed by atoms with Gasteiger partial charge in [0.2, 0.25) is 6.71 Å². The van der Waals surface area contributed by atoms with Crippen molar-refractivity contribution in [1.29, 1.82) is 0 Å². The molecule has 1 nitrogen and oxygen atoms in total. The van der Waals surface area contributed by atoms with Crippen LogP contribution >= 0.6 is 0 Å². The molecule has 0 bridgehead atoms. The highest BCUT2D eigenvalue weighted by Gasteiger charge is 2.47. The Morgan fingerprint density at radius 2 is 0.919 bits per heavy atom. The molecule has 0 aliphatic heterocycles. The Hall–Kier alpha value is -2.96. The fourth-order valence-corrected chi connectivity index (χ4v) is 6.46. The van der Waals surface area contributed by atoms with Gasteiger partial charge in [-0.2, -0.15) is 0 Å². The maximum atomic E-state index is 15.0. The molecule has 13 heteroatoms. The molecule has 0 spiro atoms. The summed E-state index contributed by atoms with van der Waals surface area (Å²) < 4.78 is 150. The largest absolute Gasteiger partial charge is 0.497 e. The molecule has 0 saturated carbocycles. The fraction of sp³-hybridized carbons (Fsp3) is 0.250. The number of halogens is 10. The lowest BCUT2D eigenvalue weighted by molar-refractivity contribution is 0.382. The van der Waals surface area contributed by atoms with Crippen LogP contribution in [0, 0.1) is 58.2 Å². The van der Waals surface area contributed by atoms with Gasteiger partial charge in [-0.05, 0) is 24.1 Å². The topological polar surface area (TPSA) is 9.23 Å². The maximum absolute atomic E-state index is 15.0. The minimum atomic E-state index is -2.98. The van der Waals surface area contributed by atoms with Gasteiger partial charge in [0, 0.05) is 19.0 Å². The second kappa shape index (κ2) is 10.4. The van der Waals surface area contributed by atoms with E-state index < -0.39 is 89.3 Å². The van der Waals surface area contributed by atoms with Crippen molar-refractivity contribution >= 4 is 25.7 Å². The van der Waals surface area contributed by atoms with Gasteiger partial charge in [0.15, 0.2) is 58.2 Å². The highest BCUT2D eigenvalue weighted by molar-refractivity contribution is 7.00. The lowest BCUT2D eigenvalue weighted by Crippen LogP contribution is -2.59. The van der Waals surface area contributed by atoms with Gasteiger partial charge in [-0.1, -0.05) is 37.2 Å². The van der Waals surface area contributed by atoms with Crippen molar-refractivity contribution in [2.45, 2.75) is 31.5 Å². The van der Waals surface area contributed by atoms with E-state index in [4.69, 9.17) is 4.74 Å². The van der Waals surface area contributed by atoms with Gasteiger partial charge in [0.1, 0.15) is 5.75 Å². The van der Waals surface area contributed by atoms with Gasteiger partial charge in [-0.3, -0.25) is 0 Å². The van der Waals surface area contributed by atoms with Gasteiger partial charge in [-0.25, -0.2) is 43.9 Å². The molecular weight excluding hydrogens is 533 g/mol. The molecule has 0 fully saturated rings. The zero-order valence-electron chi connectivity index (χ0n) is 19.9. The van der Waals surface area contributed by atoms with E-state index in [1.165, 1.54) is 31.4 Å². The molecule has 198 valence electrons. The van der Waals surface area contributed by atoms with E-state index in [-0.39, 0.29) is 6.42 Å². The van der Waals surface area contributed by atoms with Crippen molar-refractivity contribution in [3.05, 3.63) is 88.0 Å². The van der Waals surface area contributed by atoms with Crippen LogP contribution in [0.4, 0.5) is 43.9 Å². The molecule has 0 aliphatic rings. The zero-order chi connectivity index (χ0) is 28.0. The summed E-state index contributed by atoms with van der Waals surface area (Å²) in [5.74, 6) is -24.0. The first-order valence-corrected chi connectivity index (χ1v) is 14.4. The highest BCUT2D eigenvalue weighted by Crippen LogP contribution is 2.33. The average Bonchev–Trinajstić information content (AvgIpc) is 2.86. The predicted molar refractivity (Wildman–Crippen MR) is 121 cm³/mol. The highest BCUT2D eigenvalue weighted by atomic mass is 28.3. The Morgan fingerprint density at radius 3 is 1.22 bits per heavy atom. The van der Waals surface area contributed by atoms with Crippen LogP contribution in [0.25, 0.3) is 0 Å². The Kier molecular flexibility index (Phi) is 8.06. The minimum absolute atomic E-state index is 0.261. The molecule has 0 radical (unpaired) electrons. The fourth-order valence-electron chi connectivity index (χ4n) is 4.28. The summed E-state index contributed by atoms with van der Waals surface area (Å²) in [4.78, 5) is 0. The first-order valence-electron chi connectivity index (χ1n) is 10.8. The molecule has 3 aromatic rings. The maximum Gasteiger partial charge on any atom is 0.226 e. The van der Waals surface area contributed by atoms with Crippen LogP contribution in [0.2, 0.25) is 25.1 Å². The Bertz CT molecular complexity index is 1210. The number of hydrogen-bond acceptors (Lipinski definition) is 1. The summed E-state index contributed by atoms with van der Waals surface area (Å²) >= 11 is 0. The summed E-state index contributed by atoms with van der Waals surface area (Å²) in [6, 6.07) is 5.95. The number of hydrogen-bond donors (Lipinski definition) is 0. The van der Waals surface area contributed by atoms with Gasteiger partial charge in [0.05, 0.1) is 7.11 Å². The van der Waals surface area contributed by atoms with Crippen molar-refractivity contribution in [1.82, 2.24) is 0 Å². The SMILES string of the molecule is COc1ccc(CC(B(c2c(F)c(F)c(F)c(F)c2F)c2c(F)c(F)c(F)c(F)c2F)[Si](C)(C)C)cc1. The lowest BCUT2D eigenvalue weighted by atomic mass is 9.37.